The zero-order valence-electron chi connectivity index (χ0n) is 15.2. The number of carbonyl (C=O) groups is 1. The van der Waals surface area contributed by atoms with Crippen LogP contribution >= 0.6 is 11.8 Å². The normalized spacial score (nSPS) is 25.2. The van der Waals surface area contributed by atoms with Crippen LogP contribution in [0.3, 0.4) is 0 Å². The molecule has 2 rings (SSSR count). The molecule has 25 heavy (non-hydrogen) atoms. The fourth-order valence-electron chi connectivity index (χ4n) is 3.14. The van der Waals surface area contributed by atoms with Crippen LogP contribution in [-0.2, 0) is 14.8 Å². The SMILES string of the molecule is Cc1ccc([C@@H]2C[C@@H](SCC(C)C)[C@H](C(=O)O)CN2S(C)(=O)=O)cc1. The highest BCUT2D eigenvalue weighted by Crippen LogP contribution is 2.41. The van der Waals surface area contributed by atoms with Gasteiger partial charge in [-0.1, -0.05) is 43.7 Å². The van der Waals surface area contributed by atoms with E-state index in [-0.39, 0.29) is 17.8 Å². The molecule has 1 aliphatic rings. The minimum Gasteiger partial charge on any atom is -0.481 e. The molecule has 1 aromatic rings. The smallest absolute Gasteiger partial charge is 0.308 e. The average molecular weight is 386 g/mol. The van der Waals surface area contributed by atoms with Gasteiger partial charge in [0.2, 0.25) is 10.0 Å². The summed E-state index contributed by atoms with van der Waals surface area (Å²) >= 11 is 1.65. The molecule has 1 fully saturated rings. The molecule has 1 aliphatic heterocycles. The number of benzene rings is 1. The highest BCUT2D eigenvalue weighted by molar-refractivity contribution is 7.99. The Kier molecular flexibility index (Phi) is 6.56. The summed E-state index contributed by atoms with van der Waals surface area (Å²) in [4.78, 5) is 11.7. The molecule has 0 bridgehead atoms. The van der Waals surface area contributed by atoms with Gasteiger partial charge in [-0.25, -0.2) is 8.42 Å². The van der Waals surface area contributed by atoms with Crippen LogP contribution in [0.15, 0.2) is 24.3 Å². The van der Waals surface area contributed by atoms with Crippen molar-refractivity contribution in [3.63, 3.8) is 0 Å². The monoisotopic (exact) mass is 385 g/mol. The Morgan fingerprint density at radius 1 is 1.32 bits per heavy atom. The molecule has 140 valence electrons. The quantitative estimate of drug-likeness (QED) is 0.814. The Balaban J connectivity index is 2.36. The van der Waals surface area contributed by atoms with Crippen molar-refractivity contribution in [3.8, 4) is 0 Å². The van der Waals surface area contributed by atoms with Gasteiger partial charge in [0.15, 0.2) is 0 Å². The van der Waals surface area contributed by atoms with E-state index in [4.69, 9.17) is 0 Å². The van der Waals surface area contributed by atoms with Gasteiger partial charge in [0.05, 0.1) is 18.2 Å². The molecule has 1 saturated heterocycles. The van der Waals surface area contributed by atoms with Crippen LogP contribution in [0.1, 0.15) is 37.4 Å². The van der Waals surface area contributed by atoms with Crippen LogP contribution in [0.5, 0.6) is 0 Å². The maximum Gasteiger partial charge on any atom is 0.308 e. The lowest BCUT2D eigenvalue weighted by molar-refractivity contribution is -0.143. The molecule has 3 atom stereocenters. The minimum absolute atomic E-state index is 0.0302. The van der Waals surface area contributed by atoms with Gasteiger partial charge < -0.3 is 5.11 Å². The Morgan fingerprint density at radius 2 is 1.92 bits per heavy atom. The van der Waals surface area contributed by atoms with Crippen molar-refractivity contribution in [1.29, 1.82) is 0 Å². The molecule has 0 unspecified atom stereocenters. The number of nitrogens with zero attached hydrogens (tertiary/aromatic N) is 1. The number of carboxylic acids is 1. The molecular formula is C18H27NO4S2. The Labute approximate surface area is 154 Å². The lowest BCUT2D eigenvalue weighted by Gasteiger charge is -2.41. The molecule has 1 N–H and O–H groups in total. The topological polar surface area (TPSA) is 74.7 Å². The highest BCUT2D eigenvalue weighted by Gasteiger charge is 2.43. The first-order chi connectivity index (χ1) is 11.6. The zero-order valence-corrected chi connectivity index (χ0v) is 16.8. The number of piperidine rings is 1. The van der Waals surface area contributed by atoms with Gasteiger partial charge in [-0.15, -0.1) is 0 Å². The van der Waals surface area contributed by atoms with Crippen LogP contribution in [-0.4, -0.2) is 47.6 Å². The first-order valence-electron chi connectivity index (χ1n) is 8.47. The zero-order chi connectivity index (χ0) is 18.8. The third-order valence-corrected chi connectivity index (χ3v) is 7.54. The summed E-state index contributed by atoms with van der Waals surface area (Å²) in [5.41, 5.74) is 2.04. The van der Waals surface area contributed by atoms with Gasteiger partial charge in [-0.2, -0.15) is 16.1 Å². The van der Waals surface area contributed by atoms with E-state index < -0.39 is 21.9 Å². The van der Waals surface area contributed by atoms with Gasteiger partial charge in [0.25, 0.3) is 0 Å². The van der Waals surface area contributed by atoms with Crippen LogP contribution in [0, 0.1) is 18.8 Å². The second-order valence-corrected chi connectivity index (χ2v) is 10.4. The molecule has 0 spiro atoms. The van der Waals surface area contributed by atoms with E-state index in [0.717, 1.165) is 23.1 Å². The number of carboxylic acid groups (broad SMARTS) is 1. The van der Waals surface area contributed by atoms with Gasteiger partial charge in [-0.3, -0.25) is 4.79 Å². The fraction of sp³-hybridized carbons (Fsp3) is 0.611. The van der Waals surface area contributed by atoms with Crippen molar-refractivity contribution >= 4 is 27.8 Å². The van der Waals surface area contributed by atoms with Crippen LogP contribution in [0.25, 0.3) is 0 Å². The van der Waals surface area contributed by atoms with Crippen molar-refractivity contribution in [1.82, 2.24) is 4.31 Å². The molecule has 0 aliphatic carbocycles. The lowest BCUT2D eigenvalue weighted by atomic mass is 9.90. The summed E-state index contributed by atoms with van der Waals surface area (Å²) in [6, 6.07) is 7.52. The number of aliphatic carboxylic acids is 1. The average Bonchev–Trinajstić information content (AvgIpc) is 2.51. The van der Waals surface area contributed by atoms with E-state index in [1.165, 1.54) is 4.31 Å². The first-order valence-corrected chi connectivity index (χ1v) is 11.4. The number of aryl methyl sites for hydroxylation is 1. The summed E-state index contributed by atoms with van der Waals surface area (Å²) in [7, 11) is -3.49. The van der Waals surface area contributed by atoms with Crippen molar-refractivity contribution in [2.75, 3.05) is 18.6 Å². The van der Waals surface area contributed by atoms with E-state index in [1.54, 1.807) is 11.8 Å². The van der Waals surface area contributed by atoms with Crippen LogP contribution in [0.2, 0.25) is 0 Å². The minimum atomic E-state index is -3.49. The number of sulfonamides is 1. The number of hydrogen-bond acceptors (Lipinski definition) is 4. The van der Waals surface area contributed by atoms with Crippen molar-refractivity contribution in [2.45, 2.75) is 38.5 Å². The van der Waals surface area contributed by atoms with Crippen LogP contribution < -0.4 is 0 Å². The van der Waals surface area contributed by atoms with Crippen LogP contribution in [0.4, 0.5) is 0 Å². The number of rotatable bonds is 6. The lowest BCUT2D eigenvalue weighted by Crippen LogP contribution is -2.49. The number of hydrogen-bond donors (Lipinski definition) is 1. The second kappa shape index (κ2) is 8.10. The largest absolute Gasteiger partial charge is 0.481 e. The molecule has 0 radical (unpaired) electrons. The Hall–Kier alpha value is -1.05. The molecule has 1 aromatic carbocycles. The second-order valence-electron chi connectivity index (χ2n) is 7.21. The summed E-state index contributed by atoms with van der Waals surface area (Å²) in [6.07, 6.45) is 1.68. The molecule has 1 heterocycles. The molecule has 5 nitrogen and oxygen atoms in total. The van der Waals surface area contributed by atoms with E-state index in [0.29, 0.717) is 12.3 Å². The fourth-order valence-corrected chi connectivity index (χ4v) is 5.62. The predicted molar refractivity (Wildman–Crippen MR) is 102 cm³/mol. The van der Waals surface area contributed by atoms with Gasteiger partial charge in [0.1, 0.15) is 0 Å². The predicted octanol–water partition coefficient (Wildman–Crippen LogP) is 3.16. The van der Waals surface area contributed by atoms with Gasteiger partial charge >= 0.3 is 5.97 Å². The molecule has 0 saturated carbocycles. The molecular weight excluding hydrogens is 358 g/mol. The van der Waals surface area contributed by atoms with Crippen molar-refractivity contribution < 1.29 is 18.3 Å². The number of thioether (sulfide) groups is 1. The van der Waals surface area contributed by atoms with Gasteiger partial charge in [-0.05, 0) is 30.6 Å². The summed E-state index contributed by atoms with van der Waals surface area (Å²) < 4.78 is 26.0. The van der Waals surface area contributed by atoms with E-state index in [2.05, 4.69) is 13.8 Å². The van der Waals surface area contributed by atoms with Crippen molar-refractivity contribution in [2.24, 2.45) is 11.8 Å². The summed E-state index contributed by atoms with van der Waals surface area (Å²) in [6.45, 7) is 6.22. The Bertz CT molecular complexity index is 700. The molecule has 7 heteroatoms. The summed E-state index contributed by atoms with van der Waals surface area (Å²) in [5, 5.41) is 9.52. The van der Waals surface area contributed by atoms with Gasteiger partial charge in [0, 0.05) is 11.8 Å². The van der Waals surface area contributed by atoms with E-state index >= 15 is 0 Å². The maximum absolute atomic E-state index is 12.3. The van der Waals surface area contributed by atoms with E-state index in [9.17, 15) is 18.3 Å². The summed E-state index contributed by atoms with van der Waals surface area (Å²) in [5.74, 6) is -0.267. The molecule has 0 amide bonds. The Morgan fingerprint density at radius 3 is 2.40 bits per heavy atom. The third-order valence-electron chi connectivity index (χ3n) is 4.48. The van der Waals surface area contributed by atoms with Crippen molar-refractivity contribution in [3.05, 3.63) is 35.4 Å². The first kappa shape index (κ1) is 20.3. The van der Waals surface area contributed by atoms with E-state index in [1.807, 2.05) is 31.2 Å². The molecule has 0 aromatic heterocycles. The highest BCUT2D eigenvalue weighted by atomic mass is 32.2. The maximum atomic E-state index is 12.3. The standard InChI is InChI=1S/C18H27NO4S2/c1-12(2)11-24-17-9-16(14-7-5-13(3)6-8-14)19(25(4,22)23)10-15(17)18(20)21/h5-8,12,15-17H,9-11H2,1-4H3,(H,20,21)/t15-,16+,17-/m1/s1. The third kappa shape index (κ3) is 5.21.